The van der Waals surface area contributed by atoms with E-state index in [9.17, 15) is 4.79 Å². The molecule has 0 aliphatic rings. The molecule has 3 N–H and O–H groups in total. The van der Waals surface area contributed by atoms with Crippen LogP contribution < -0.4 is 16.0 Å². The van der Waals surface area contributed by atoms with Gasteiger partial charge in [0.1, 0.15) is 10.9 Å². The van der Waals surface area contributed by atoms with Crippen molar-refractivity contribution >= 4 is 58.9 Å². The summed E-state index contributed by atoms with van der Waals surface area (Å²) in [4.78, 5) is 20.3. The zero-order valence-corrected chi connectivity index (χ0v) is 18.7. The van der Waals surface area contributed by atoms with E-state index in [0.717, 1.165) is 29.6 Å². The zero-order chi connectivity index (χ0) is 17.1. The molecule has 1 rings (SSSR count). The smallest absolute Gasteiger partial charge is 0.242 e. The Hall–Kier alpha value is -0.550. The summed E-state index contributed by atoms with van der Waals surface area (Å²) >= 11 is 3.42. The highest BCUT2D eigenvalue weighted by Crippen LogP contribution is 2.20. The third kappa shape index (κ3) is 11.9. The highest BCUT2D eigenvalue weighted by Gasteiger charge is 2.13. The molecule has 0 aliphatic heterocycles. The third-order valence-electron chi connectivity index (χ3n) is 2.49. The Morgan fingerprint density at radius 3 is 2.71 bits per heavy atom. The van der Waals surface area contributed by atoms with E-state index < -0.39 is 0 Å². The number of thioether (sulfide) groups is 1. The predicted octanol–water partition coefficient (Wildman–Crippen LogP) is 2.71. The average molecular weight is 485 g/mol. The van der Waals surface area contributed by atoms with Crippen molar-refractivity contribution < 1.29 is 4.79 Å². The summed E-state index contributed by atoms with van der Waals surface area (Å²) in [5.41, 5.74) is -0.231. The fourth-order valence-electron chi connectivity index (χ4n) is 1.67. The molecule has 6 nitrogen and oxygen atoms in total. The minimum Gasteiger partial charge on any atom is -0.357 e. The van der Waals surface area contributed by atoms with Gasteiger partial charge in [-0.25, -0.2) is 9.98 Å². The summed E-state index contributed by atoms with van der Waals surface area (Å²) < 4.78 is 1.10. The number of carbonyl (C=O) groups is 1. The van der Waals surface area contributed by atoms with E-state index in [-0.39, 0.29) is 42.0 Å². The fourth-order valence-corrected chi connectivity index (χ4v) is 3.32. The minimum atomic E-state index is -0.231. The van der Waals surface area contributed by atoms with E-state index in [0.29, 0.717) is 5.96 Å². The molecular formula is C15H28IN5OS2. The largest absolute Gasteiger partial charge is 0.357 e. The van der Waals surface area contributed by atoms with E-state index in [2.05, 4.69) is 25.9 Å². The topological polar surface area (TPSA) is 78.4 Å². The molecule has 1 aromatic rings. The molecule has 0 bridgehead atoms. The average Bonchev–Trinajstić information content (AvgIpc) is 2.95. The highest BCUT2D eigenvalue weighted by atomic mass is 127. The summed E-state index contributed by atoms with van der Waals surface area (Å²) in [6.07, 6.45) is 2.83. The number of aromatic nitrogens is 1. The van der Waals surface area contributed by atoms with Crippen LogP contribution in [0.25, 0.3) is 0 Å². The van der Waals surface area contributed by atoms with E-state index in [1.54, 1.807) is 23.1 Å². The summed E-state index contributed by atoms with van der Waals surface area (Å²) in [5.74, 6) is 1.61. The van der Waals surface area contributed by atoms with E-state index in [1.165, 1.54) is 0 Å². The van der Waals surface area contributed by atoms with Gasteiger partial charge >= 0.3 is 0 Å². The Kier molecular flexibility index (Phi) is 12.5. The highest BCUT2D eigenvalue weighted by molar-refractivity contribution is 14.0. The van der Waals surface area contributed by atoms with Gasteiger partial charge in [0.25, 0.3) is 0 Å². The molecule has 1 aromatic heterocycles. The maximum absolute atomic E-state index is 11.8. The van der Waals surface area contributed by atoms with Crippen LogP contribution in [-0.2, 0) is 4.79 Å². The van der Waals surface area contributed by atoms with Gasteiger partial charge < -0.3 is 16.0 Å². The summed E-state index contributed by atoms with van der Waals surface area (Å²) in [6.45, 7) is 9.57. The lowest BCUT2D eigenvalue weighted by Crippen LogP contribution is -2.43. The lowest BCUT2D eigenvalue weighted by atomic mass is 10.1. The third-order valence-corrected chi connectivity index (χ3v) is 4.54. The first kappa shape index (κ1) is 23.4. The number of aliphatic imine (C=N–C) groups is 1. The molecule has 9 heteroatoms. The van der Waals surface area contributed by atoms with Crippen LogP contribution in [0.2, 0.25) is 0 Å². The van der Waals surface area contributed by atoms with Gasteiger partial charge in [0.15, 0.2) is 5.96 Å². The van der Waals surface area contributed by atoms with Crippen LogP contribution in [-0.4, -0.2) is 47.8 Å². The molecule has 0 aliphatic carbocycles. The van der Waals surface area contributed by atoms with Crippen LogP contribution in [0, 0.1) is 0 Å². The molecule has 0 saturated carbocycles. The van der Waals surface area contributed by atoms with Crippen molar-refractivity contribution in [2.45, 2.75) is 44.0 Å². The van der Waals surface area contributed by atoms with Crippen molar-refractivity contribution in [3.05, 3.63) is 11.6 Å². The SMILES string of the molecule is CCNC(=NCC(=O)NC(C)(C)C)NCCCSc1nccs1.I. The van der Waals surface area contributed by atoms with Crippen molar-refractivity contribution in [1.29, 1.82) is 0 Å². The Morgan fingerprint density at radius 2 is 2.12 bits per heavy atom. The molecule has 1 heterocycles. The van der Waals surface area contributed by atoms with Gasteiger partial charge in [-0.15, -0.1) is 35.3 Å². The van der Waals surface area contributed by atoms with Crippen LogP contribution in [0.3, 0.4) is 0 Å². The Labute approximate surface area is 170 Å². The number of nitrogens with one attached hydrogen (secondary N) is 3. The second-order valence-corrected chi connectivity index (χ2v) is 8.16. The summed E-state index contributed by atoms with van der Waals surface area (Å²) in [6, 6.07) is 0. The lowest BCUT2D eigenvalue weighted by Gasteiger charge is -2.20. The number of rotatable bonds is 8. The summed E-state index contributed by atoms with van der Waals surface area (Å²) in [5, 5.41) is 11.3. The van der Waals surface area contributed by atoms with Gasteiger partial charge in [-0.1, -0.05) is 11.8 Å². The Morgan fingerprint density at radius 1 is 1.38 bits per heavy atom. The molecule has 0 radical (unpaired) electrons. The first-order valence-corrected chi connectivity index (χ1v) is 9.62. The number of hydrogen-bond donors (Lipinski definition) is 3. The van der Waals surface area contributed by atoms with Gasteiger partial charge in [-0.05, 0) is 34.1 Å². The number of amides is 1. The van der Waals surface area contributed by atoms with Crippen LogP contribution in [0.5, 0.6) is 0 Å². The maximum Gasteiger partial charge on any atom is 0.242 e. The standard InChI is InChI=1S/C15H27N5OS2.HI/c1-5-16-13(19-11-12(21)20-15(2,3)4)17-7-6-9-22-14-18-8-10-23-14;/h8,10H,5-7,9,11H2,1-4H3,(H,20,21)(H2,16,17,19);1H. The van der Waals surface area contributed by atoms with Gasteiger partial charge in [0.2, 0.25) is 5.91 Å². The van der Waals surface area contributed by atoms with E-state index in [1.807, 2.05) is 39.3 Å². The van der Waals surface area contributed by atoms with Crippen molar-refractivity contribution in [2.75, 3.05) is 25.4 Å². The number of thiazole rings is 1. The second-order valence-electron chi connectivity index (χ2n) is 5.92. The van der Waals surface area contributed by atoms with Crippen LogP contribution in [0.4, 0.5) is 0 Å². The molecule has 0 aromatic carbocycles. The molecular weight excluding hydrogens is 457 g/mol. The van der Waals surface area contributed by atoms with Crippen molar-refractivity contribution in [3.63, 3.8) is 0 Å². The Bertz CT molecular complexity index is 489. The quantitative estimate of drug-likeness (QED) is 0.174. The summed E-state index contributed by atoms with van der Waals surface area (Å²) in [7, 11) is 0. The number of nitrogens with zero attached hydrogens (tertiary/aromatic N) is 2. The number of hydrogen-bond acceptors (Lipinski definition) is 5. The van der Waals surface area contributed by atoms with Crippen LogP contribution in [0.15, 0.2) is 20.9 Å². The van der Waals surface area contributed by atoms with Crippen molar-refractivity contribution in [2.24, 2.45) is 4.99 Å². The zero-order valence-electron chi connectivity index (χ0n) is 14.7. The molecule has 1 amide bonds. The van der Waals surface area contributed by atoms with Gasteiger partial charge in [-0.2, -0.15) is 0 Å². The van der Waals surface area contributed by atoms with E-state index in [4.69, 9.17) is 0 Å². The van der Waals surface area contributed by atoms with E-state index >= 15 is 0 Å². The monoisotopic (exact) mass is 485 g/mol. The van der Waals surface area contributed by atoms with Crippen LogP contribution in [0.1, 0.15) is 34.1 Å². The van der Waals surface area contributed by atoms with Gasteiger partial charge in [0, 0.05) is 36.0 Å². The van der Waals surface area contributed by atoms with Crippen molar-refractivity contribution in [3.8, 4) is 0 Å². The van der Waals surface area contributed by atoms with Gasteiger partial charge in [-0.3, -0.25) is 4.79 Å². The Balaban J connectivity index is 0.00000529. The molecule has 0 saturated heterocycles. The first-order chi connectivity index (χ1) is 10.9. The molecule has 0 spiro atoms. The molecule has 138 valence electrons. The molecule has 24 heavy (non-hydrogen) atoms. The molecule has 0 atom stereocenters. The molecule has 0 unspecified atom stereocenters. The minimum absolute atomic E-state index is 0. The predicted molar refractivity (Wildman–Crippen MR) is 115 cm³/mol. The lowest BCUT2D eigenvalue weighted by molar-refractivity contribution is -0.121. The number of halogens is 1. The van der Waals surface area contributed by atoms with Crippen LogP contribution >= 0.6 is 47.1 Å². The number of guanidine groups is 1. The molecule has 0 fully saturated rings. The second kappa shape index (κ2) is 12.8. The maximum atomic E-state index is 11.8. The van der Waals surface area contributed by atoms with Crippen molar-refractivity contribution in [1.82, 2.24) is 20.9 Å². The normalized spacial score (nSPS) is 11.6. The van der Waals surface area contributed by atoms with Gasteiger partial charge in [0.05, 0.1) is 0 Å². The number of carbonyl (C=O) groups excluding carboxylic acids is 1. The fraction of sp³-hybridized carbons (Fsp3) is 0.667. The first-order valence-electron chi connectivity index (χ1n) is 7.76.